The Labute approximate surface area is 165 Å². The number of ether oxygens (including phenoxy) is 1. The number of hydrogen-bond acceptors (Lipinski definition) is 5. The number of rotatable bonds is 4. The van der Waals surface area contributed by atoms with Gasteiger partial charge in [0.15, 0.2) is 0 Å². The summed E-state index contributed by atoms with van der Waals surface area (Å²) in [6.45, 7) is 1.84. The monoisotopic (exact) mass is 392 g/mol. The molecule has 0 radical (unpaired) electrons. The minimum absolute atomic E-state index is 0.0644. The molecule has 4 aromatic rings. The highest BCUT2D eigenvalue weighted by Crippen LogP contribution is 2.30. The van der Waals surface area contributed by atoms with Gasteiger partial charge in [0.05, 0.1) is 17.7 Å². The number of nitrogens with one attached hydrogen (secondary N) is 1. The van der Waals surface area contributed by atoms with Crippen molar-refractivity contribution in [2.45, 2.75) is 6.92 Å². The van der Waals surface area contributed by atoms with Crippen molar-refractivity contribution in [3.8, 4) is 28.1 Å². The standard InChI is InChI=1S/C20H16N4O3S/c1-12-9-14(24(25)26)5-8-16(12)18-11-23-19(22-18)17(10-21-20(23)28)13-3-6-15(27-2)7-4-13/h3-11,22H,1-2H3. The molecule has 8 heteroatoms. The van der Waals surface area contributed by atoms with E-state index in [0.717, 1.165) is 39.3 Å². The third kappa shape index (κ3) is 3.03. The molecule has 0 aliphatic carbocycles. The lowest BCUT2D eigenvalue weighted by molar-refractivity contribution is -0.384. The van der Waals surface area contributed by atoms with Crippen molar-refractivity contribution in [2.75, 3.05) is 7.11 Å². The van der Waals surface area contributed by atoms with E-state index in [2.05, 4.69) is 9.97 Å². The van der Waals surface area contributed by atoms with Crippen molar-refractivity contribution in [3.05, 3.63) is 75.3 Å². The number of methoxy groups -OCH3 is 1. The van der Waals surface area contributed by atoms with E-state index in [9.17, 15) is 10.1 Å². The lowest BCUT2D eigenvalue weighted by Gasteiger charge is -2.05. The number of fused-ring (bicyclic) bond motifs is 1. The highest BCUT2D eigenvalue weighted by Gasteiger charge is 2.14. The van der Waals surface area contributed by atoms with Crippen LogP contribution in [0.5, 0.6) is 5.75 Å². The summed E-state index contributed by atoms with van der Waals surface area (Å²) in [5, 5.41) is 11.0. The van der Waals surface area contributed by atoms with Crippen LogP contribution >= 0.6 is 12.2 Å². The Hall–Kier alpha value is -3.52. The van der Waals surface area contributed by atoms with Crippen LogP contribution in [0.25, 0.3) is 28.0 Å². The van der Waals surface area contributed by atoms with E-state index >= 15 is 0 Å². The second-order valence-electron chi connectivity index (χ2n) is 6.33. The molecule has 4 rings (SSSR count). The number of nitro groups is 1. The SMILES string of the molecule is COc1ccc(-c2cnc(=S)n3cc(-c4ccc([N+](=O)[O-])cc4C)[nH]c23)cc1. The molecule has 1 N–H and O–H groups in total. The first-order chi connectivity index (χ1) is 13.5. The zero-order chi connectivity index (χ0) is 19.8. The smallest absolute Gasteiger partial charge is 0.269 e. The van der Waals surface area contributed by atoms with Crippen LogP contribution in [-0.2, 0) is 0 Å². The van der Waals surface area contributed by atoms with Crippen molar-refractivity contribution >= 4 is 23.6 Å². The van der Waals surface area contributed by atoms with E-state index < -0.39 is 4.92 Å². The summed E-state index contributed by atoms with van der Waals surface area (Å²) in [6, 6.07) is 12.5. The molecule has 2 heterocycles. The molecular weight excluding hydrogens is 376 g/mol. The maximum Gasteiger partial charge on any atom is 0.269 e. The van der Waals surface area contributed by atoms with Gasteiger partial charge in [0, 0.05) is 35.7 Å². The van der Waals surface area contributed by atoms with Crippen molar-refractivity contribution in [2.24, 2.45) is 0 Å². The zero-order valence-corrected chi connectivity index (χ0v) is 16.0. The Morgan fingerprint density at radius 3 is 2.57 bits per heavy atom. The molecule has 7 nitrogen and oxygen atoms in total. The van der Waals surface area contributed by atoms with Crippen molar-refractivity contribution in [1.29, 1.82) is 0 Å². The van der Waals surface area contributed by atoms with E-state index in [-0.39, 0.29) is 5.69 Å². The van der Waals surface area contributed by atoms with E-state index in [1.165, 1.54) is 6.07 Å². The minimum atomic E-state index is -0.399. The highest BCUT2D eigenvalue weighted by atomic mass is 32.1. The summed E-state index contributed by atoms with van der Waals surface area (Å²) in [7, 11) is 1.63. The lowest BCUT2D eigenvalue weighted by atomic mass is 10.1. The van der Waals surface area contributed by atoms with Gasteiger partial charge in [-0.05, 0) is 48.5 Å². The molecule has 0 aliphatic heterocycles. The number of aromatic amines is 1. The largest absolute Gasteiger partial charge is 0.497 e. The molecule has 0 amide bonds. The molecule has 0 unspecified atom stereocenters. The maximum atomic E-state index is 11.0. The third-order valence-electron chi connectivity index (χ3n) is 4.63. The van der Waals surface area contributed by atoms with Gasteiger partial charge in [-0.15, -0.1) is 0 Å². The number of non-ortho nitro benzene ring substituents is 1. The number of benzene rings is 2. The third-order valence-corrected chi connectivity index (χ3v) is 4.93. The number of nitro benzene ring substituents is 1. The summed E-state index contributed by atoms with van der Waals surface area (Å²) < 4.78 is 7.46. The number of nitrogens with zero attached hydrogens (tertiary/aromatic N) is 3. The first-order valence-electron chi connectivity index (χ1n) is 8.48. The van der Waals surface area contributed by atoms with Crippen LogP contribution in [0.4, 0.5) is 5.69 Å². The molecular formula is C20H16N4O3S. The molecule has 140 valence electrons. The van der Waals surface area contributed by atoms with Crippen LogP contribution < -0.4 is 4.74 Å². The molecule has 2 aromatic carbocycles. The topological polar surface area (TPSA) is 85.5 Å². The van der Waals surface area contributed by atoms with Crippen LogP contribution in [0.3, 0.4) is 0 Å². The average molecular weight is 392 g/mol. The Balaban J connectivity index is 1.88. The predicted molar refractivity (Wildman–Crippen MR) is 109 cm³/mol. The number of aromatic nitrogens is 3. The van der Waals surface area contributed by atoms with Gasteiger partial charge in [-0.25, -0.2) is 4.98 Å². The summed E-state index contributed by atoms with van der Waals surface area (Å²) in [5.74, 6) is 0.772. The van der Waals surface area contributed by atoms with E-state index in [1.807, 2.05) is 41.8 Å². The average Bonchev–Trinajstić information content (AvgIpc) is 3.14. The molecule has 0 atom stereocenters. The molecule has 0 saturated carbocycles. The molecule has 0 saturated heterocycles. The normalized spacial score (nSPS) is 10.9. The van der Waals surface area contributed by atoms with Gasteiger partial charge in [-0.2, -0.15) is 0 Å². The second kappa shape index (κ2) is 6.90. The Bertz CT molecular complexity index is 1260. The van der Waals surface area contributed by atoms with Gasteiger partial charge in [0.1, 0.15) is 11.4 Å². The quantitative estimate of drug-likeness (QED) is 0.302. The predicted octanol–water partition coefficient (Wildman–Crippen LogP) is 4.95. The van der Waals surface area contributed by atoms with E-state index in [1.54, 1.807) is 25.4 Å². The fourth-order valence-electron chi connectivity index (χ4n) is 3.19. The zero-order valence-electron chi connectivity index (χ0n) is 15.2. The van der Waals surface area contributed by atoms with Crippen molar-refractivity contribution in [3.63, 3.8) is 0 Å². The maximum absolute atomic E-state index is 11.0. The van der Waals surface area contributed by atoms with Gasteiger partial charge in [0.25, 0.3) is 5.69 Å². The Morgan fingerprint density at radius 1 is 1.18 bits per heavy atom. The Morgan fingerprint density at radius 2 is 1.93 bits per heavy atom. The van der Waals surface area contributed by atoms with Crippen molar-refractivity contribution < 1.29 is 9.66 Å². The second-order valence-corrected chi connectivity index (χ2v) is 6.69. The lowest BCUT2D eigenvalue weighted by Crippen LogP contribution is -1.92. The first-order valence-corrected chi connectivity index (χ1v) is 8.89. The molecule has 0 bridgehead atoms. The van der Waals surface area contributed by atoms with Crippen LogP contribution in [0, 0.1) is 21.8 Å². The molecule has 2 aromatic heterocycles. The van der Waals surface area contributed by atoms with Crippen LogP contribution in [0.15, 0.2) is 54.9 Å². The molecule has 0 spiro atoms. The summed E-state index contributed by atoms with van der Waals surface area (Å²) in [4.78, 5) is 18.3. The fourth-order valence-corrected chi connectivity index (χ4v) is 3.38. The van der Waals surface area contributed by atoms with E-state index in [0.29, 0.717) is 4.77 Å². The first kappa shape index (κ1) is 17.9. The summed E-state index contributed by atoms with van der Waals surface area (Å²) >= 11 is 5.38. The number of aryl methyl sites for hydroxylation is 1. The van der Waals surface area contributed by atoms with Crippen LogP contribution in [-0.4, -0.2) is 26.4 Å². The minimum Gasteiger partial charge on any atom is -0.497 e. The fraction of sp³-hybridized carbons (Fsp3) is 0.100. The van der Waals surface area contributed by atoms with Gasteiger partial charge in [0.2, 0.25) is 4.77 Å². The van der Waals surface area contributed by atoms with Crippen LogP contribution in [0.1, 0.15) is 5.56 Å². The van der Waals surface area contributed by atoms with Gasteiger partial charge in [-0.1, -0.05) is 12.1 Å². The summed E-state index contributed by atoms with van der Waals surface area (Å²) in [6.07, 6.45) is 3.61. The molecule has 0 aliphatic rings. The number of H-pyrrole nitrogens is 1. The Kier molecular flexibility index (Phi) is 4.40. The van der Waals surface area contributed by atoms with Gasteiger partial charge in [-0.3, -0.25) is 14.5 Å². The van der Waals surface area contributed by atoms with E-state index in [4.69, 9.17) is 17.0 Å². The number of imidazole rings is 1. The van der Waals surface area contributed by atoms with Crippen LogP contribution in [0.2, 0.25) is 0 Å². The van der Waals surface area contributed by atoms with Gasteiger partial charge < -0.3 is 9.72 Å². The highest BCUT2D eigenvalue weighted by molar-refractivity contribution is 7.71. The summed E-state index contributed by atoms with van der Waals surface area (Å²) in [5.41, 5.74) is 5.20. The molecule has 28 heavy (non-hydrogen) atoms. The number of hydrogen-bond donors (Lipinski definition) is 1. The molecule has 0 fully saturated rings. The van der Waals surface area contributed by atoms with Crippen molar-refractivity contribution in [1.82, 2.24) is 14.4 Å². The van der Waals surface area contributed by atoms with Gasteiger partial charge >= 0.3 is 0 Å².